The maximum atomic E-state index is 12.8. The molecule has 1 aromatic heterocycles. The number of likely N-dealkylation sites (tertiary alicyclic amines) is 1. The van der Waals surface area contributed by atoms with Gasteiger partial charge in [0.1, 0.15) is 0 Å². The van der Waals surface area contributed by atoms with Crippen molar-refractivity contribution in [1.29, 1.82) is 0 Å². The lowest BCUT2D eigenvalue weighted by Gasteiger charge is -2.30. The van der Waals surface area contributed by atoms with Crippen molar-refractivity contribution in [2.24, 2.45) is 0 Å². The smallest absolute Gasteiger partial charge is 0.241 e. The topological polar surface area (TPSA) is 35.6 Å². The molecule has 0 spiro atoms. The van der Waals surface area contributed by atoms with E-state index in [4.69, 9.17) is 0 Å². The molecule has 1 aromatic carbocycles. The largest absolute Gasteiger partial charge is 0.372 e. The number of carbonyl (C=O) groups excluding carboxylic acids is 1. The number of anilines is 2. The molecule has 1 N–H and O–H groups in total. The van der Waals surface area contributed by atoms with E-state index in [2.05, 4.69) is 44.8 Å². The molecule has 0 radical (unpaired) electrons. The molecule has 0 aliphatic carbocycles. The van der Waals surface area contributed by atoms with Gasteiger partial charge in [-0.15, -0.1) is 11.3 Å². The van der Waals surface area contributed by atoms with Crippen LogP contribution >= 0.6 is 11.3 Å². The van der Waals surface area contributed by atoms with Crippen molar-refractivity contribution in [3.05, 3.63) is 46.7 Å². The third kappa shape index (κ3) is 4.19. The van der Waals surface area contributed by atoms with Crippen molar-refractivity contribution in [2.75, 3.05) is 29.9 Å². The maximum Gasteiger partial charge on any atom is 0.241 e. The zero-order chi connectivity index (χ0) is 18.6. The fourth-order valence-corrected chi connectivity index (χ4v) is 5.23. The number of carbonyl (C=O) groups is 1. The van der Waals surface area contributed by atoms with Gasteiger partial charge in [0, 0.05) is 35.4 Å². The van der Waals surface area contributed by atoms with Crippen LogP contribution in [-0.4, -0.2) is 36.5 Å². The van der Waals surface area contributed by atoms with E-state index >= 15 is 0 Å². The summed E-state index contributed by atoms with van der Waals surface area (Å²) in [6.07, 6.45) is 6.19. The number of rotatable bonds is 5. The zero-order valence-corrected chi connectivity index (χ0v) is 16.9. The third-order valence-electron chi connectivity index (χ3n) is 5.90. The van der Waals surface area contributed by atoms with Crippen molar-refractivity contribution in [3.63, 3.8) is 0 Å². The van der Waals surface area contributed by atoms with Gasteiger partial charge in [-0.25, -0.2) is 0 Å². The van der Waals surface area contributed by atoms with Crippen molar-refractivity contribution in [1.82, 2.24) is 4.90 Å². The Morgan fingerprint density at radius 3 is 2.56 bits per heavy atom. The highest BCUT2D eigenvalue weighted by Gasteiger charge is 2.33. The Morgan fingerprint density at radius 2 is 1.85 bits per heavy atom. The molecule has 4 nitrogen and oxygen atoms in total. The SMILES string of the molecule is C[C@@H](C(=O)Nc1ccc(N2CCCCC2)cc1)N1CCC[C@@H]1c1cccs1. The Labute approximate surface area is 166 Å². The number of amides is 1. The van der Waals surface area contributed by atoms with Crippen LogP contribution in [0.1, 0.15) is 49.9 Å². The predicted octanol–water partition coefficient (Wildman–Crippen LogP) is 4.90. The minimum absolute atomic E-state index is 0.0872. The molecule has 2 aromatic rings. The Kier molecular flexibility index (Phi) is 5.79. The van der Waals surface area contributed by atoms with Gasteiger partial charge in [0.2, 0.25) is 5.91 Å². The average Bonchev–Trinajstić information content (AvgIpc) is 3.40. The molecule has 5 heteroatoms. The second-order valence-corrected chi connectivity index (χ2v) is 8.65. The fraction of sp³-hybridized carbons (Fsp3) is 0.500. The van der Waals surface area contributed by atoms with E-state index in [9.17, 15) is 4.79 Å². The summed E-state index contributed by atoms with van der Waals surface area (Å²) in [7, 11) is 0. The van der Waals surface area contributed by atoms with Crippen LogP contribution in [0.25, 0.3) is 0 Å². The van der Waals surface area contributed by atoms with Crippen LogP contribution in [0.2, 0.25) is 0 Å². The molecule has 0 bridgehead atoms. The molecular weight excluding hydrogens is 354 g/mol. The number of nitrogens with one attached hydrogen (secondary N) is 1. The van der Waals surface area contributed by atoms with Crippen molar-refractivity contribution in [2.45, 2.75) is 51.1 Å². The molecule has 2 aliphatic heterocycles. The molecule has 27 heavy (non-hydrogen) atoms. The van der Waals surface area contributed by atoms with Crippen molar-refractivity contribution in [3.8, 4) is 0 Å². The summed E-state index contributed by atoms with van der Waals surface area (Å²) in [5.41, 5.74) is 2.15. The van der Waals surface area contributed by atoms with E-state index in [1.807, 2.05) is 19.1 Å². The standard InChI is InChI=1S/C22H29N3OS/c1-17(25-15-5-7-20(25)21-8-6-16-27-21)22(26)23-18-9-11-19(12-10-18)24-13-3-2-4-14-24/h6,8-12,16-17,20H,2-5,7,13-15H2,1H3,(H,23,26)/t17-,20+/m0/s1. The van der Waals surface area contributed by atoms with Gasteiger partial charge in [0.15, 0.2) is 0 Å². The van der Waals surface area contributed by atoms with Crippen LogP contribution in [0.5, 0.6) is 0 Å². The van der Waals surface area contributed by atoms with Crippen molar-refractivity contribution < 1.29 is 4.79 Å². The highest BCUT2D eigenvalue weighted by molar-refractivity contribution is 7.10. The fourth-order valence-electron chi connectivity index (χ4n) is 4.34. The second kappa shape index (κ2) is 8.44. The summed E-state index contributed by atoms with van der Waals surface area (Å²) in [6.45, 7) is 5.30. The Balaban J connectivity index is 1.38. The number of hydrogen-bond acceptors (Lipinski definition) is 4. The third-order valence-corrected chi connectivity index (χ3v) is 6.87. The van der Waals surface area contributed by atoms with Crippen LogP contribution < -0.4 is 10.2 Å². The van der Waals surface area contributed by atoms with E-state index in [1.54, 1.807) is 11.3 Å². The van der Waals surface area contributed by atoms with Gasteiger partial charge in [-0.2, -0.15) is 0 Å². The molecule has 2 aliphatic rings. The lowest BCUT2D eigenvalue weighted by molar-refractivity contribution is -0.121. The van der Waals surface area contributed by atoms with E-state index in [1.165, 1.54) is 29.8 Å². The van der Waals surface area contributed by atoms with Gasteiger partial charge in [-0.05, 0) is 81.3 Å². The van der Waals surface area contributed by atoms with Crippen LogP contribution in [-0.2, 0) is 4.79 Å². The molecule has 3 heterocycles. The van der Waals surface area contributed by atoms with E-state index in [0.717, 1.165) is 38.2 Å². The lowest BCUT2D eigenvalue weighted by Crippen LogP contribution is -2.41. The summed E-state index contributed by atoms with van der Waals surface area (Å²) in [5.74, 6) is 0.0872. The van der Waals surface area contributed by atoms with Gasteiger partial charge in [-0.1, -0.05) is 6.07 Å². The maximum absolute atomic E-state index is 12.8. The monoisotopic (exact) mass is 383 g/mol. The zero-order valence-electron chi connectivity index (χ0n) is 16.1. The van der Waals surface area contributed by atoms with Gasteiger partial charge in [0.25, 0.3) is 0 Å². The van der Waals surface area contributed by atoms with E-state index in [0.29, 0.717) is 6.04 Å². The molecule has 0 saturated carbocycles. The average molecular weight is 384 g/mol. The van der Waals surface area contributed by atoms with E-state index in [-0.39, 0.29) is 11.9 Å². The first-order valence-corrected chi connectivity index (χ1v) is 11.1. The number of hydrogen-bond donors (Lipinski definition) is 1. The predicted molar refractivity (Wildman–Crippen MR) is 114 cm³/mol. The van der Waals surface area contributed by atoms with Crippen LogP contribution in [0.15, 0.2) is 41.8 Å². The second-order valence-electron chi connectivity index (χ2n) is 7.67. The first kappa shape index (κ1) is 18.5. The van der Waals surface area contributed by atoms with Crippen molar-refractivity contribution >= 4 is 28.6 Å². The molecule has 144 valence electrons. The number of benzene rings is 1. The molecule has 2 atom stereocenters. The minimum Gasteiger partial charge on any atom is -0.372 e. The number of nitrogens with zero attached hydrogens (tertiary/aromatic N) is 2. The molecule has 4 rings (SSSR count). The van der Waals surface area contributed by atoms with Crippen LogP contribution in [0, 0.1) is 0 Å². The number of thiophene rings is 1. The Hall–Kier alpha value is -1.85. The summed E-state index contributed by atoms with van der Waals surface area (Å²) >= 11 is 1.79. The molecule has 1 amide bonds. The van der Waals surface area contributed by atoms with E-state index < -0.39 is 0 Å². The Morgan fingerprint density at radius 1 is 1.07 bits per heavy atom. The number of piperidine rings is 1. The molecular formula is C22H29N3OS. The molecule has 2 fully saturated rings. The first-order chi connectivity index (χ1) is 13.2. The van der Waals surface area contributed by atoms with Gasteiger partial charge in [0.05, 0.1) is 6.04 Å². The first-order valence-electron chi connectivity index (χ1n) is 10.2. The van der Waals surface area contributed by atoms with Gasteiger partial charge in [-0.3, -0.25) is 9.69 Å². The summed E-state index contributed by atoms with van der Waals surface area (Å²) in [5, 5.41) is 5.24. The highest BCUT2D eigenvalue weighted by atomic mass is 32.1. The quantitative estimate of drug-likeness (QED) is 0.797. The van der Waals surface area contributed by atoms with Gasteiger partial charge < -0.3 is 10.2 Å². The minimum atomic E-state index is -0.124. The summed E-state index contributed by atoms with van der Waals surface area (Å²) in [6, 6.07) is 12.9. The normalized spacial score (nSPS) is 22.0. The summed E-state index contributed by atoms with van der Waals surface area (Å²) in [4.78, 5) is 19.0. The summed E-state index contributed by atoms with van der Waals surface area (Å²) < 4.78 is 0. The van der Waals surface area contributed by atoms with Gasteiger partial charge >= 0.3 is 0 Å². The highest BCUT2D eigenvalue weighted by Crippen LogP contribution is 2.36. The van der Waals surface area contributed by atoms with Crippen LogP contribution in [0.3, 0.4) is 0 Å². The Bertz CT molecular complexity index is 737. The lowest BCUT2D eigenvalue weighted by atomic mass is 10.1. The molecule has 0 unspecified atom stereocenters. The van der Waals surface area contributed by atoms with Crippen LogP contribution in [0.4, 0.5) is 11.4 Å². The molecule has 2 saturated heterocycles.